The highest BCUT2D eigenvalue weighted by molar-refractivity contribution is 7.99. The molecule has 0 unspecified atom stereocenters. The van der Waals surface area contributed by atoms with Crippen molar-refractivity contribution in [3.05, 3.63) is 123 Å². The second-order valence-corrected chi connectivity index (χ2v) is 11.8. The van der Waals surface area contributed by atoms with Crippen LogP contribution < -0.4 is 15.4 Å². The number of hydrogen-bond acceptors (Lipinski definition) is 8. The molecule has 0 saturated heterocycles. The van der Waals surface area contributed by atoms with Crippen molar-refractivity contribution in [2.24, 2.45) is 0 Å². The van der Waals surface area contributed by atoms with E-state index in [0.717, 1.165) is 11.0 Å². The van der Waals surface area contributed by atoms with Gasteiger partial charge in [-0.05, 0) is 72.8 Å². The van der Waals surface area contributed by atoms with Crippen molar-refractivity contribution in [2.75, 3.05) is 22.9 Å². The predicted molar refractivity (Wildman–Crippen MR) is 159 cm³/mol. The van der Waals surface area contributed by atoms with Gasteiger partial charge in [0.2, 0.25) is 0 Å². The topological polar surface area (TPSA) is 148 Å². The van der Waals surface area contributed by atoms with Crippen molar-refractivity contribution in [3.63, 3.8) is 0 Å². The van der Waals surface area contributed by atoms with Crippen LogP contribution in [-0.2, 0) is 10.0 Å². The van der Waals surface area contributed by atoms with Gasteiger partial charge in [-0.15, -0.1) is 11.8 Å². The molecule has 13 heteroatoms. The van der Waals surface area contributed by atoms with Gasteiger partial charge in [0, 0.05) is 45.1 Å². The molecule has 0 radical (unpaired) electrons. The third-order valence-corrected chi connectivity index (χ3v) is 8.24. The summed E-state index contributed by atoms with van der Waals surface area (Å²) in [5, 5.41) is 17.8. The molecule has 4 aromatic rings. The molecule has 0 aliphatic carbocycles. The number of nitrogens with one attached hydrogen (secondary N) is 3. The number of hydrogen-bond donors (Lipinski definition) is 3. The lowest BCUT2D eigenvalue weighted by molar-refractivity contribution is -0.384. The van der Waals surface area contributed by atoms with Crippen LogP contribution in [0.3, 0.4) is 0 Å². The average molecular weight is 611 g/mol. The Morgan fingerprint density at radius 3 is 2.15 bits per heavy atom. The van der Waals surface area contributed by atoms with Gasteiger partial charge >= 0.3 is 0 Å². The van der Waals surface area contributed by atoms with Crippen molar-refractivity contribution in [1.82, 2.24) is 4.72 Å². The number of anilines is 2. The van der Waals surface area contributed by atoms with Crippen LogP contribution in [0.4, 0.5) is 17.1 Å². The van der Waals surface area contributed by atoms with Gasteiger partial charge in [0.25, 0.3) is 27.5 Å². The second-order valence-electron chi connectivity index (χ2n) is 8.50. The smallest absolute Gasteiger partial charge is 0.293 e. The van der Waals surface area contributed by atoms with Crippen molar-refractivity contribution in [3.8, 4) is 0 Å². The number of rotatable bonds is 11. The Bertz CT molecular complexity index is 1670. The lowest BCUT2D eigenvalue weighted by atomic mass is 10.2. The van der Waals surface area contributed by atoms with Crippen molar-refractivity contribution >= 4 is 62.3 Å². The summed E-state index contributed by atoms with van der Waals surface area (Å²) in [6, 6.07) is 24.9. The normalized spacial score (nSPS) is 11.0. The summed E-state index contributed by atoms with van der Waals surface area (Å²) in [7, 11) is -4.43. The SMILES string of the molecule is O=C(Nc1ccc(C(=O)NS(=O)(=O)c2ccc(NCCSc3ccccc3)c([N+](=O)[O-])c2)cc1)c1ccc(Cl)cc1. The highest BCUT2D eigenvalue weighted by Gasteiger charge is 2.24. The fourth-order valence-electron chi connectivity index (χ4n) is 3.60. The van der Waals surface area contributed by atoms with E-state index in [1.165, 1.54) is 36.4 Å². The molecule has 2 amide bonds. The van der Waals surface area contributed by atoms with Gasteiger partial charge in [-0.3, -0.25) is 19.7 Å². The molecular weight excluding hydrogens is 588 g/mol. The van der Waals surface area contributed by atoms with E-state index in [0.29, 0.717) is 28.6 Å². The molecule has 4 rings (SSSR count). The molecule has 41 heavy (non-hydrogen) atoms. The number of thioether (sulfide) groups is 1. The van der Waals surface area contributed by atoms with Crippen LogP contribution in [-0.4, -0.2) is 37.5 Å². The monoisotopic (exact) mass is 610 g/mol. The van der Waals surface area contributed by atoms with Crippen LogP contribution in [0.2, 0.25) is 5.02 Å². The largest absolute Gasteiger partial charge is 0.379 e. The number of benzene rings is 4. The molecule has 210 valence electrons. The summed E-state index contributed by atoms with van der Waals surface area (Å²) in [5.74, 6) is -0.708. The third-order valence-electron chi connectivity index (χ3n) is 5.64. The summed E-state index contributed by atoms with van der Waals surface area (Å²) >= 11 is 7.40. The zero-order valence-corrected chi connectivity index (χ0v) is 23.6. The second kappa shape index (κ2) is 13.3. The van der Waals surface area contributed by atoms with E-state index < -0.39 is 37.3 Å². The minimum atomic E-state index is -4.43. The maximum atomic E-state index is 12.9. The summed E-state index contributed by atoms with van der Waals surface area (Å²) in [4.78, 5) is 36.6. The molecule has 0 saturated carbocycles. The number of carbonyl (C=O) groups excluding carboxylic acids is 2. The molecular formula is C28H23ClN4O6S2. The molecule has 0 atom stereocenters. The standard InChI is InChI=1S/C28H23ClN4O6S2/c29-21-10-6-19(7-11-21)27(34)31-22-12-8-20(9-13-22)28(35)32-41(38,39)24-14-15-25(26(18-24)33(36)37)30-16-17-40-23-4-2-1-3-5-23/h1-15,18,30H,16-17H2,(H,31,34)(H,32,35). The molecule has 0 spiro atoms. The summed E-state index contributed by atoms with van der Waals surface area (Å²) in [6.45, 7) is 0.402. The van der Waals surface area contributed by atoms with Gasteiger partial charge in [0.05, 0.1) is 9.82 Å². The number of nitro groups is 1. The third kappa shape index (κ3) is 8.07. The van der Waals surface area contributed by atoms with Crippen molar-refractivity contribution in [2.45, 2.75) is 9.79 Å². The number of halogens is 1. The van der Waals surface area contributed by atoms with E-state index in [9.17, 15) is 28.1 Å². The minimum absolute atomic E-state index is 0.00164. The van der Waals surface area contributed by atoms with Gasteiger partial charge in [-0.25, -0.2) is 13.1 Å². The molecule has 0 aliphatic heterocycles. The number of nitrogens with zero attached hydrogens (tertiary/aromatic N) is 1. The predicted octanol–water partition coefficient (Wildman–Crippen LogP) is 5.82. The maximum Gasteiger partial charge on any atom is 0.293 e. The van der Waals surface area contributed by atoms with Gasteiger partial charge in [0.15, 0.2) is 0 Å². The van der Waals surface area contributed by atoms with E-state index in [1.54, 1.807) is 36.0 Å². The van der Waals surface area contributed by atoms with Gasteiger partial charge in [-0.2, -0.15) is 0 Å². The Balaban J connectivity index is 1.38. The molecule has 0 aliphatic rings. The van der Waals surface area contributed by atoms with E-state index in [2.05, 4.69) is 10.6 Å². The minimum Gasteiger partial charge on any atom is -0.379 e. The average Bonchev–Trinajstić information content (AvgIpc) is 2.96. The maximum absolute atomic E-state index is 12.9. The van der Waals surface area contributed by atoms with Crippen molar-refractivity contribution in [1.29, 1.82) is 0 Å². The summed E-state index contributed by atoms with van der Waals surface area (Å²) in [6.07, 6.45) is 0. The van der Waals surface area contributed by atoms with Gasteiger partial charge in [0.1, 0.15) is 5.69 Å². The molecule has 10 nitrogen and oxygen atoms in total. The number of amides is 2. The summed E-state index contributed by atoms with van der Waals surface area (Å²) in [5.41, 5.74) is 0.478. The van der Waals surface area contributed by atoms with Gasteiger partial charge in [-0.1, -0.05) is 29.8 Å². The molecule has 0 fully saturated rings. The van der Waals surface area contributed by atoms with Crippen LogP contribution in [0.1, 0.15) is 20.7 Å². The zero-order valence-electron chi connectivity index (χ0n) is 21.2. The van der Waals surface area contributed by atoms with E-state index in [1.807, 2.05) is 35.1 Å². The van der Waals surface area contributed by atoms with Crippen LogP contribution in [0, 0.1) is 10.1 Å². The Morgan fingerprint density at radius 1 is 0.854 bits per heavy atom. The Kier molecular flexibility index (Phi) is 9.61. The fraction of sp³-hybridized carbons (Fsp3) is 0.0714. The van der Waals surface area contributed by atoms with Crippen LogP contribution >= 0.6 is 23.4 Å². The Morgan fingerprint density at radius 2 is 1.49 bits per heavy atom. The summed E-state index contributed by atoms with van der Waals surface area (Å²) < 4.78 is 27.7. The first-order valence-electron chi connectivity index (χ1n) is 12.1. The van der Waals surface area contributed by atoms with E-state index in [-0.39, 0.29) is 11.3 Å². The van der Waals surface area contributed by atoms with Crippen LogP contribution in [0.15, 0.2) is 107 Å². The lowest BCUT2D eigenvalue weighted by Crippen LogP contribution is -2.30. The highest BCUT2D eigenvalue weighted by Crippen LogP contribution is 2.28. The number of nitro benzene ring substituents is 1. The molecule has 0 aromatic heterocycles. The highest BCUT2D eigenvalue weighted by atomic mass is 35.5. The first-order chi connectivity index (χ1) is 19.6. The quantitative estimate of drug-likeness (QED) is 0.0832. The van der Waals surface area contributed by atoms with Crippen molar-refractivity contribution < 1.29 is 22.9 Å². The van der Waals surface area contributed by atoms with E-state index in [4.69, 9.17) is 11.6 Å². The molecule has 4 aromatic carbocycles. The molecule has 3 N–H and O–H groups in total. The lowest BCUT2D eigenvalue weighted by Gasteiger charge is -2.11. The Hall–Kier alpha value is -4.39. The zero-order chi connectivity index (χ0) is 29.4. The number of carbonyl (C=O) groups is 2. The Labute approximate surface area is 245 Å². The van der Waals surface area contributed by atoms with Gasteiger partial charge < -0.3 is 10.6 Å². The first-order valence-corrected chi connectivity index (χ1v) is 14.9. The number of sulfonamides is 1. The van der Waals surface area contributed by atoms with Crippen LogP contribution in [0.5, 0.6) is 0 Å². The fourth-order valence-corrected chi connectivity index (χ4v) is 5.51. The van der Waals surface area contributed by atoms with Crippen LogP contribution in [0.25, 0.3) is 0 Å². The molecule has 0 bridgehead atoms. The first kappa shape index (κ1) is 29.6. The molecule has 0 heterocycles. The van der Waals surface area contributed by atoms with E-state index >= 15 is 0 Å².